The lowest BCUT2D eigenvalue weighted by Gasteiger charge is -2.56. The number of fused-ring (bicyclic) bond motifs is 1. The first-order valence-corrected chi connectivity index (χ1v) is 7.73. The Labute approximate surface area is 124 Å². The van der Waals surface area contributed by atoms with E-state index >= 15 is 0 Å². The van der Waals surface area contributed by atoms with Gasteiger partial charge in [0.05, 0.1) is 5.92 Å². The molecule has 0 bridgehead atoms. The normalized spacial score (nSPS) is 26.1. The second-order valence-corrected chi connectivity index (χ2v) is 6.87. The van der Waals surface area contributed by atoms with E-state index in [0.29, 0.717) is 17.5 Å². The van der Waals surface area contributed by atoms with Crippen LogP contribution in [0.1, 0.15) is 41.1 Å². The molecule has 4 rings (SSSR count). The fourth-order valence-electron chi connectivity index (χ4n) is 4.00. The average Bonchev–Trinajstić information content (AvgIpc) is 2.39. The molecule has 1 aliphatic carbocycles. The number of hydrogen-bond donors (Lipinski definition) is 0. The molecule has 21 heavy (non-hydrogen) atoms. The van der Waals surface area contributed by atoms with Crippen molar-refractivity contribution in [1.29, 1.82) is 0 Å². The lowest BCUT2D eigenvalue weighted by molar-refractivity contribution is -0.151. The molecule has 0 N–H and O–H groups in total. The SMILES string of the molecule is CN1CC(C(=O)N2CC3(CCC3)C2)c2ccccc2C1=O. The summed E-state index contributed by atoms with van der Waals surface area (Å²) in [5, 5.41) is 0. The fraction of sp³-hybridized carbons (Fsp3) is 0.529. The molecular formula is C17H20N2O2. The Bertz CT molecular complexity index is 613. The molecule has 1 atom stereocenters. The maximum Gasteiger partial charge on any atom is 0.253 e. The molecule has 2 heterocycles. The number of benzene rings is 1. The highest BCUT2D eigenvalue weighted by Crippen LogP contribution is 2.49. The summed E-state index contributed by atoms with van der Waals surface area (Å²) >= 11 is 0. The van der Waals surface area contributed by atoms with E-state index in [2.05, 4.69) is 0 Å². The number of nitrogens with zero attached hydrogens (tertiary/aromatic N) is 2. The van der Waals surface area contributed by atoms with E-state index in [1.165, 1.54) is 19.3 Å². The van der Waals surface area contributed by atoms with Gasteiger partial charge in [-0.1, -0.05) is 24.6 Å². The predicted octanol–water partition coefficient (Wildman–Crippen LogP) is 1.87. The van der Waals surface area contributed by atoms with Gasteiger partial charge in [0.1, 0.15) is 0 Å². The van der Waals surface area contributed by atoms with Gasteiger partial charge in [-0.3, -0.25) is 9.59 Å². The van der Waals surface area contributed by atoms with Crippen molar-refractivity contribution in [3.8, 4) is 0 Å². The van der Waals surface area contributed by atoms with Crippen molar-refractivity contribution in [3.63, 3.8) is 0 Å². The van der Waals surface area contributed by atoms with Gasteiger partial charge in [0, 0.05) is 37.7 Å². The van der Waals surface area contributed by atoms with Gasteiger partial charge in [0.15, 0.2) is 0 Å². The lowest BCUT2D eigenvalue weighted by atomic mass is 9.63. The van der Waals surface area contributed by atoms with Gasteiger partial charge >= 0.3 is 0 Å². The van der Waals surface area contributed by atoms with E-state index in [1.807, 2.05) is 29.2 Å². The van der Waals surface area contributed by atoms with Crippen molar-refractivity contribution in [2.75, 3.05) is 26.7 Å². The largest absolute Gasteiger partial charge is 0.341 e. The zero-order valence-electron chi connectivity index (χ0n) is 12.3. The maximum atomic E-state index is 12.8. The molecule has 4 nitrogen and oxygen atoms in total. The van der Waals surface area contributed by atoms with Crippen LogP contribution >= 0.6 is 0 Å². The maximum absolute atomic E-state index is 12.8. The molecule has 1 unspecified atom stereocenters. The standard InChI is InChI=1S/C17H20N2O2/c1-18-9-14(12-5-2-3-6-13(12)15(18)20)16(21)19-10-17(11-19)7-4-8-17/h2-3,5-6,14H,4,7-11H2,1H3. The zero-order valence-corrected chi connectivity index (χ0v) is 12.3. The van der Waals surface area contributed by atoms with Crippen LogP contribution in [-0.2, 0) is 4.79 Å². The summed E-state index contributed by atoms with van der Waals surface area (Å²) in [5.74, 6) is 0.0226. The minimum Gasteiger partial charge on any atom is -0.341 e. The molecule has 1 saturated heterocycles. The third-order valence-electron chi connectivity index (χ3n) is 5.45. The molecule has 3 aliphatic rings. The van der Waals surface area contributed by atoms with Gasteiger partial charge in [-0.15, -0.1) is 0 Å². The van der Waals surface area contributed by atoms with Crippen LogP contribution in [0.4, 0.5) is 0 Å². The molecule has 2 aliphatic heterocycles. The first-order valence-electron chi connectivity index (χ1n) is 7.73. The van der Waals surface area contributed by atoms with E-state index in [9.17, 15) is 9.59 Å². The van der Waals surface area contributed by atoms with Crippen molar-refractivity contribution >= 4 is 11.8 Å². The fourth-order valence-corrected chi connectivity index (χ4v) is 4.00. The minimum atomic E-state index is -0.193. The molecule has 1 aromatic carbocycles. The second-order valence-electron chi connectivity index (χ2n) is 6.87. The molecule has 1 spiro atoms. The van der Waals surface area contributed by atoms with E-state index < -0.39 is 0 Å². The summed E-state index contributed by atoms with van der Waals surface area (Å²) in [6.45, 7) is 2.34. The van der Waals surface area contributed by atoms with Crippen molar-refractivity contribution in [2.24, 2.45) is 5.41 Å². The Morgan fingerprint density at radius 2 is 1.95 bits per heavy atom. The lowest BCUT2D eigenvalue weighted by Crippen LogP contribution is -2.63. The third-order valence-corrected chi connectivity index (χ3v) is 5.45. The van der Waals surface area contributed by atoms with Crippen LogP contribution in [0.3, 0.4) is 0 Å². The summed E-state index contributed by atoms with van der Waals surface area (Å²) < 4.78 is 0. The number of amides is 2. The third kappa shape index (κ3) is 1.81. The van der Waals surface area contributed by atoms with E-state index in [1.54, 1.807) is 11.9 Å². The summed E-state index contributed by atoms with van der Waals surface area (Å²) in [5.41, 5.74) is 2.04. The summed E-state index contributed by atoms with van der Waals surface area (Å²) in [4.78, 5) is 28.7. The van der Waals surface area contributed by atoms with Crippen LogP contribution in [-0.4, -0.2) is 48.3 Å². The number of carbonyl (C=O) groups excluding carboxylic acids is 2. The molecule has 2 fully saturated rings. The smallest absolute Gasteiger partial charge is 0.253 e. The summed E-state index contributed by atoms with van der Waals surface area (Å²) in [6, 6.07) is 7.55. The average molecular weight is 284 g/mol. The topological polar surface area (TPSA) is 40.6 Å². The van der Waals surface area contributed by atoms with Crippen molar-refractivity contribution < 1.29 is 9.59 Å². The van der Waals surface area contributed by atoms with E-state index in [-0.39, 0.29) is 17.7 Å². The molecular weight excluding hydrogens is 264 g/mol. The Hall–Kier alpha value is -1.84. The van der Waals surface area contributed by atoms with Crippen LogP contribution in [0.5, 0.6) is 0 Å². The summed E-state index contributed by atoms with van der Waals surface area (Å²) in [7, 11) is 1.78. The predicted molar refractivity (Wildman–Crippen MR) is 79.0 cm³/mol. The van der Waals surface area contributed by atoms with Gasteiger partial charge < -0.3 is 9.80 Å². The Balaban J connectivity index is 1.59. The van der Waals surface area contributed by atoms with E-state index in [0.717, 1.165) is 18.7 Å². The molecule has 1 aromatic rings. The van der Waals surface area contributed by atoms with Crippen LogP contribution in [0.15, 0.2) is 24.3 Å². The second kappa shape index (κ2) is 4.33. The molecule has 110 valence electrons. The zero-order chi connectivity index (χ0) is 14.6. The van der Waals surface area contributed by atoms with Gasteiger partial charge in [0.2, 0.25) is 5.91 Å². The van der Waals surface area contributed by atoms with Gasteiger partial charge in [-0.2, -0.15) is 0 Å². The first kappa shape index (κ1) is 12.9. The minimum absolute atomic E-state index is 0.0220. The van der Waals surface area contributed by atoms with E-state index in [4.69, 9.17) is 0 Å². The molecule has 1 saturated carbocycles. The highest BCUT2D eigenvalue weighted by molar-refractivity contribution is 6.00. The van der Waals surface area contributed by atoms with Crippen LogP contribution < -0.4 is 0 Å². The Kier molecular flexibility index (Phi) is 2.65. The van der Waals surface area contributed by atoms with Gasteiger partial charge in [-0.25, -0.2) is 0 Å². The van der Waals surface area contributed by atoms with Crippen LogP contribution in [0.25, 0.3) is 0 Å². The van der Waals surface area contributed by atoms with Gasteiger partial charge in [-0.05, 0) is 24.5 Å². The number of hydrogen-bond acceptors (Lipinski definition) is 2. The molecule has 0 aromatic heterocycles. The van der Waals surface area contributed by atoms with Crippen molar-refractivity contribution in [3.05, 3.63) is 35.4 Å². The number of carbonyl (C=O) groups is 2. The van der Waals surface area contributed by atoms with Crippen molar-refractivity contribution in [1.82, 2.24) is 9.80 Å². The number of likely N-dealkylation sites (tertiary alicyclic amines) is 1. The summed E-state index contributed by atoms with van der Waals surface area (Å²) in [6.07, 6.45) is 3.86. The Morgan fingerprint density at radius 1 is 1.24 bits per heavy atom. The first-order chi connectivity index (χ1) is 10.1. The highest BCUT2D eigenvalue weighted by Gasteiger charge is 2.50. The monoisotopic (exact) mass is 284 g/mol. The Morgan fingerprint density at radius 3 is 2.62 bits per heavy atom. The highest BCUT2D eigenvalue weighted by atomic mass is 16.2. The molecule has 0 radical (unpaired) electrons. The molecule has 4 heteroatoms. The number of rotatable bonds is 1. The number of likely N-dealkylation sites (N-methyl/N-ethyl adjacent to an activating group) is 1. The van der Waals surface area contributed by atoms with Crippen LogP contribution in [0.2, 0.25) is 0 Å². The van der Waals surface area contributed by atoms with Gasteiger partial charge in [0.25, 0.3) is 5.91 Å². The van der Waals surface area contributed by atoms with Crippen molar-refractivity contribution in [2.45, 2.75) is 25.2 Å². The quantitative estimate of drug-likeness (QED) is 0.790. The van der Waals surface area contributed by atoms with Crippen LogP contribution in [0, 0.1) is 5.41 Å². The molecule has 2 amide bonds.